The van der Waals surface area contributed by atoms with Gasteiger partial charge in [-0.3, -0.25) is 0 Å². The first-order valence-electron chi connectivity index (χ1n) is 6.37. The molecule has 1 aromatic rings. The van der Waals surface area contributed by atoms with E-state index in [9.17, 15) is 0 Å². The summed E-state index contributed by atoms with van der Waals surface area (Å²) in [7, 11) is 0. The van der Waals surface area contributed by atoms with Crippen molar-refractivity contribution in [3.63, 3.8) is 0 Å². The lowest BCUT2D eigenvalue weighted by atomic mass is 10.2. The molecule has 17 heavy (non-hydrogen) atoms. The fraction of sp³-hybridized carbons (Fsp3) is 0.692. The second kappa shape index (κ2) is 6.94. The number of hydrogen-bond donors (Lipinski definition) is 0. The summed E-state index contributed by atoms with van der Waals surface area (Å²) in [5.74, 6) is 2.30. The zero-order chi connectivity index (χ0) is 12.8. The summed E-state index contributed by atoms with van der Waals surface area (Å²) < 4.78 is 0.876. The van der Waals surface area contributed by atoms with E-state index in [0.29, 0.717) is 5.92 Å². The first-order chi connectivity index (χ1) is 8.08. The largest absolute Gasteiger partial charge is 0.357 e. The van der Waals surface area contributed by atoms with Gasteiger partial charge in [0.1, 0.15) is 16.2 Å². The third-order valence-corrected chi connectivity index (χ3v) is 3.11. The third-order valence-electron chi connectivity index (χ3n) is 2.70. The molecule has 96 valence electrons. The van der Waals surface area contributed by atoms with Gasteiger partial charge in [-0.15, -0.1) is 0 Å². The second-order valence-electron chi connectivity index (χ2n) is 4.49. The number of anilines is 1. The number of hydrogen-bond acceptors (Lipinski definition) is 3. The summed E-state index contributed by atoms with van der Waals surface area (Å²) in [6.07, 6.45) is 2.41. The van der Waals surface area contributed by atoms with Crippen LogP contribution in [-0.2, 0) is 0 Å². The van der Waals surface area contributed by atoms with Crippen molar-refractivity contribution in [3.8, 4) is 0 Å². The molecule has 0 fully saturated rings. The smallest absolute Gasteiger partial charge is 0.134 e. The predicted octanol–water partition coefficient (Wildman–Crippen LogP) is 3.99. The van der Waals surface area contributed by atoms with Crippen LogP contribution in [-0.4, -0.2) is 23.1 Å². The van der Waals surface area contributed by atoms with E-state index >= 15 is 0 Å². The molecular formula is C13H22BrN3. The van der Waals surface area contributed by atoms with Gasteiger partial charge in [-0.1, -0.05) is 27.2 Å². The Morgan fingerprint density at radius 3 is 2.53 bits per heavy atom. The molecular weight excluding hydrogens is 278 g/mol. The molecule has 0 saturated heterocycles. The van der Waals surface area contributed by atoms with Crippen LogP contribution in [0.5, 0.6) is 0 Å². The van der Waals surface area contributed by atoms with Gasteiger partial charge in [0.15, 0.2) is 0 Å². The van der Waals surface area contributed by atoms with Crippen LogP contribution in [0.3, 0.4) is 0 Å². The average Bonchev–Trinajstić information content (AvgIpc) is 2.29. The molecule has 0 spiro atoms. The number of nitrogens with zero attached hydrogens (tertiary/aromatic N) is 3. The Labute approximate surface area is 113 Å². The molecule has 0 bridgehead atoms. The van der Waals surface area contributed by atoms with E-state index in [2.05, 4.69) is 58.5 Å². The van der Waals surface area contributed by atoms with Crippen molar-refractivity contribution in [3.05, 3.63) is 16.5 Å². The van der Waals surface area contributed by atoms with Crippen molar-refractivity contribution in [1.82, 2.24) is 9.97 Å². The lowest BCUT2D eigenvalue weighted by Gasteiger charge is -2.22. The highest BCUT2D eigenvalue weighted by Crippen LogP contribution is 2.20. The first kappa shape index (κ1) is 14.4. The van der Waals surface area contributed by atoms with Crippen LogP contribution in [0.25, 0.3) is 0 Å². The Balaban J connectivity index is 2.94. The summed E-state index contributed by atoms with van der Waals surface area (Å²) in [5.41, 5.74) is 0. The highest BCUT2D eigenvalue weighted by molar-refractivity contribution is 9.10. The van der Waals surface area contributed by atoms with Gasteiger partial charge in [0, 0.05) is 25.1 Å². The van der Waals surface area contributed by atoms with Gasteiger partial charge >= 0.3 is 0 Å². The first-order valence-corrected chi connectivity index (χ1v) is 7.17. The number of rotatable bonds is 6. The second-order valence-corrected chi connectivity index (χ2v) is 5.31. The van der Waals surface area contributed by atoms with Crippen LogP contribution in [0.15, 0.2) is 10.7 Å². The normalized spacial score (nSPS) is 10.9. The molecule has 0 atom stereocenters. The van der Waals surface area contributed by atoms with Gasteiger partial charge in [0.2, 0.25) is 0 Å². The van der Waals surface area contributed by atoms with E-state index < -0.39 is 0 Å². The van der Waals surface area contributed by atoms with Crippen LogP contribution in [0.4, 0.5) is 5.82 Å². The van der Waals surface area contributed by atoms with Crippen LogP contribution in [0.1, 0.15) is 52.3 Å². The van der Waals surface area contributed by atoms with E-state index in [0.717, 1.165) is 29.3 Å². The average molecular weight is 300 g/mol. The molecule has 0 unspecified atom stereocenters. The van der Waals surface area contributed by atoms with Gasteiger partial charge in [-0.25, -0.2) is 9.97 Å². The summed E-state index contributed by atoms with van der Waals surface area (Å²) in [6, 6.07) is 2.00. The molecule has 0 aromatic carbocycles. The molecule has 0 aliphatic heterocycles. The molecule has 0 amide bonds. The Kier molecular flexibility index (Phi) is 5.89. The van der Waals surface area contributed by atoms with Crippen LogP contribution >= 0.6 is 15.9 Å². The zero-order valence-corrected chi connectivity index (χ0v) is 12.8. The Morgan fingerprint density at radius 1 is 1.29 bits per heavy atom. The molecule has 1 aromatic heterocycles. The van der Waals surface area contributed by atoms with Crippen LogP contribution in [0.2, 0.25) is 0 Å². The minimum atomic E-state index is 0.358. The summed E-state index contributed by atoms with van der Waals surface area (Å²) >= 11 is 3.47. The molecule has 0 aliphatic rings. The maximum Gasteiger partial charge on any atom is 0.134 e. The SMILES string of the molecule is CCCCN(CC)c1cc(Br)nc(C(C)C)n1. The molecule has 0 radical (unpaired) electrons. The Hall–Kier alpha value is -0.640. The fourth-order valence-corrected chi connectivity index (χ4v) is 2.01. The summed E-state index contributed by atoms with van der Waals surface area (Å²) in [6.45, 7) is 10.7. The maximum absolute atomic E-state index is 4.64. The van der Waals surface area contributed by atoms with Gasteiger partial charge in [-0.05, 0) is 29.3 Å². The quantitative estimate of drug-likeness (QED) is 0.744. The molecule has 0 aliphatic carbocycles. The lowest BCUT2D eigenvalue weighted by Crippen LogP contribution is -2.25. The van der Waals surface area contributed by atoms with Gasteiger partial charge in [0.05, 0.1) is 0 Å². The van der Waals surface area contributed by atoms with E-state index in [1.807, 2.05) is 6.07 Å². The van der Waals surface area contributed by atoms with E-state index in [1.54, 1.807) is 0 Å². The van der Waals surface area contributed by atoms with Crippen LogP contribution < -0.4 is 4.90 Å². The number of unbranched alkanes of at least 4 members (excludes halogenated alkanes) is 1. The molecule has 4 heteroatoms. The molecule has 1 heterocycles. The van der Waals surface area contributed by atoms with Crippen molar-refractivity contribution in [2.24, 2.45) is 0 Å². The molecule has 3 nitrogen and oxygen atoms in total. The van der Waals surface area contributed by atoms with Gasteiger partial charge in [-0.2, -0.15) is 0 Å². The topological polar surface area (TPSA) is 29.0 Å². The van der Waals surface area contributed by atoms with Gasteiger partial charge in [0.25, 0.3) is 0 Å². The Bertz CT molecular complexity index is 353. The molecule has 1 rings (SSSR count). The van der Waals surface area contributed by atoms with Crippen molar-refractivity contribution >= 4 is 21.7 Å². The van der Waals surface area contributed by atoms with Crippen molar-refractivity contribution in [2.75, 3.05) is 18.0 Å². The standard InChI is InChI=1S/C13H22BrN3/c1-5-7-8-17(6-2)12-9-11(14)15-13(16-12)10(3)4/h9-10H,5-8H2,1-4H3. The summed E-state index contributed by atoms with van der Waals surface area (Å²) in [5, 5.41) is 0. The highest BCUT2D eigenvalue weighted by atomic mass is 79.9. The predicted molar refractivity (Wildman–Crippen MR) is 76.6 cm³/mol. The van der Waals surface area contributed by atoms with Crippen LogP contribution in [0, 0.1) is 0 Å². The van der Waals surface area contributed by atoms with Gasteiger partial charge < -0.3 is 4.90 Å². The van der Waals surface area contributed by atoms with E-state index in [-0.39, 0.29) is 0 Å². The van der Waals surface area contributed by atoms with Crippen molar-refractivity contribution in [2.45, 2.75) is 46.5 Å². The number of aromatic nitrogens is 2. The maximum atomic E-state index is 4.64. The minimum absolute atomic E-state index is 0.358. The molecule has 0 saturated carbocycles. The van der Waals surface area contributed by atoms with Crippen molar-refractivity contribution in [1.29, 1.82) is 0 Å². The summed E-state index contributed by atoms with van der Waals surface area (Å²) in [4.78, 5) is 11.4. The molecule has 0 N–H and O–H groups in total. The zero-order valence-electron chi connectivity index (χ0n) is 11.2. The Morgan fingerprint density at radius 2 is 2.00 bits per heavy atom. The van der Waals surface area contributed by atoms with E-state index in [4.69, 9.17) is 0 Å². The highest BCUT2D eigenvalue weighted by Gasteiger charge is 2.11. The van der Waals surface area contributed by atoms with E-state index in [1.165, 1.54) is 12.8 Å². The monoisotopic (exact) mass is 299 g/mol. The third kappa shape index (κ3) is 4.26. The fourth-order valence-electron chi connectivity index (χ4n) is 1.63. The number of halogens is 1. The van der Waals surface area contributed by atoms with Crippen molar-refractivity contribution < 1.29 is 0 Å². The minimum Gasteiger partial charge on any atom is -0.357 e. The lowest BCUT2D eigenvalue weighted by molar-refractivity contribution is 0.707.